The molecule has 2 unspecified atom stereocenters. The Balaban J connectivity index is 1.46. The number of rotatable bonds is 4. The van der Waals surface area contributed by atoms with E-state index < -0.39 is 6.04 Å². The minimum atomic E-state index is -0.447. The number of nitrogens with zero attached hydrogens (tertiary/aromatic N) is 1. The zero-order chi connectivity index (χ0) is 19.7. The Labute approximate surface area is 173 Å². The number of carbonyl (C=O) groups excluding carboxylic acids is 2. The highest BCUT2D eigenvalue weighted by atomic mass is 32.2. The smallest absolute Gasteiger partial charge is 0.265 e. The van der Waals surface area contributed by atoms with Gasteiger partial charge in [0.15, 0.2) is 0 Å². The number of methoxy groups -OCH3 is 1. The molecule has 2 amide bonds. The molecule has 1 aliphatic heterocycles. The van der Waals surface area contributed by atoms with E-state index in [4.69, 9.17) is 4.74 Å². The molecule has 2 aromatic rings. The van der Waals surface area contributed by atoms with E-state index in [1.165, 1.54) is 16.9 Å². The minimum absolute atomic E-state index is 0.0214. The van der Waals surface area contributed by atoms with Gasteiger partial charge in [0.1, 0.15) is 11.8 Å². The molecule has 1 aliphatic carbocycles. The van der Waals surface area contributed by atoms with Crippen molar-refractivity contribution in [2.75, 3.05) is 24.1 Å². The maximum Gasteiger partial charge on any atom is 0.265 e. The average Bonchev–Trinajstić information content (AvgIpc) is 3.34. The fraction of sp³-hybridized carbons (Fsp3) is 0.429. The molecule has 0 bridgehead atoms. The van der Waals surface area contributed by atoms with Crippen LogP contribution >= 0.6 is 23.1 Å². The van der Waals surface area contributed by atoms with Crippen molar-refractivity contribution in [2.24, 2.45) is 5.92 Å². The van der Waals surface area contributed by atoms with Crippen LogP contribution in [-0.2, 0) is 17.6 Å². The minimum Gasteiger partial charge on any atom is -0.497 e. The molecule has 1 fully saturated rings. The van der Waals surface area contributed by atoms with Crippen molar-refractivity contribution in [1.82, 2.24) is 4.90 Å². The number of nitrogens with one attached hydrogen (secondary N) is 1. The molecule has 1 N–H and O–H groups in total. The molecule has 0 spiro atoms. The van der Waals surface area contributed by atoms with E-state index >= 15 is 0 Å². The summed E-state index contributed by atoms with van der Waals surface area (Å²) in [6.07, 6.45) is 3.30. The van der Waals surface area contributed by atoms with Crippen molar-refractivity contribution in [3.8, 4) is 5.75 Å². The van der Waals surface area contributed by atoms with Gasteiger partial charge in [0.2, 0.25) is 5.91 Å². The molecule has 1 aromatic carbocycles. The quantitative estimate of drug-likeness (QED) is 0.817. The van der Waals surface area contributed by atoms with Crippen molar-refractivity contribution in [3.05, 3.63) is 45.6 Å². The van der Waals surface area contributed by atoms with Crippen molar-refractivity contribution < 1.29 is 14.3 Å². The second kappa shape index (κ2) is 8.17. The summed E-state index contributed by atoms with van der Waals surface area (Å²) in [6.45, 7) is 2.26. The predicted molar refractivity (Wildman–Crippen MR) is 114 cm³/mol. The first-order valence-electron chi connectivity index (χ1n) is 9.50. The number of hydrogen-bond donors (Lipinski definition) is 1. The van der Waals surface area contributed by atoms with Crippen molar-refractivity contribution in [1.29, 1.82) is 0 Å². The molecule has 2 atom stereocenters. The topological polar surface area (TPSA) is 58.6 Å². The largest absolute Gasteiger partial charge is 0.497 e. The fourth-order valence-electron chi connectivity index (χ4n) is 3.71. The molecular formula is C21H24N2O3S2. The number of thioether (sulfide) groups is 1. The molecule has 7 heteroatoms. The van der Waals surface area contributed by atoms with Crippen molar-refractivity contribution in [3.63, 3.8) is 0 Å². The van der Waals surface area contributed by atoms with Crippen molar-refractivity contribution >= 4 is 40.6 Å². The van der Waals surface area contributed by atoms with E-state index in [0.717, 1.165) is 23.5 Å². The van der Waals surface area contributed by atoms with Crippen LogP contribution in [0.2, 0.25) is 0 Å². The van der Waals surface area contributed by atoms with Gasteiger partial charge in [-0.05, 0) is 61.1 Å². The SMILES string of the molecule is COc1ccc(NC(=O)C2CSCN2C(=O)c2cc3c(s2)CCC(C)C3)cc1. The number of anilines is 1. The van der Waals surface area contributed by atoms with Crippen LogP contribution in [0.4, 0.5) is 5.69 Å². The van der Waals surface area contributed by atoms with E-state index in [0.29, 0.717) is 23.2 Å². The van der Waals surface area contributed by atoms with Gasteiger partial charge in [0, 0.05) is 16.3 Å². The third-order valence-electron chi connectivity index (χ3n) is 5.34. The molecule has 5 nitrogen and oxygen atoms in total. The van der Waals surface area contributed by atoms with Gasteiger partial charge in [0.05, 0.1) is 17.9 Å². The first kappa shape index (κ1) is 19.3. The van der Waals surface area contributed by atoms with Gasteiger partial charge >= 0.3 is 0 Å². The van der Waals surface area contributed by atoms with Crippen LogP contribution < -0.4 is 10.1 Å². The Kier molecular flexibility index (Phi) is 5.64. The van der Waals surface area contributed by atoms with Gasteiger partial charge in [-0.2, -0.15) is 0 Å². The van der Waals surface area contributed by atoms with Crippen molar-refractivity contribution in [2.45, 2.75) is 32.2 Å². The summed E-state index contributed by atoms with van der Waals surface area (Å²) >= 11 is 3.23. The van der Waals surface area contributed by atoms with E-state index in [1.54, 1.807) is 59.4 Å². The van der Waals surface area contributed by atoms with Gasteiger partial charge < -0.3 is 15.0 Å². The Morgan fingerprint density at radius 1 is 1.25 bits per heavy atom. The molecule has 0 saturated carbocycles. The van der Waals surface area contributed by atoms with E-state index in [1.807, 2.05) is 0 Å². The Hall–Kier alpha value is -1.99. The number of ether oxygens (including phenoxy) is 1. The number of benzene rings is 1. The van der Waals surface area contributed by atoms with Gasteiger partial charge in [0.25, 0.3) is 5.91 Å². The highest BCUT2D eigenvalue weighted by Gasteiger charge is 2.36. The summed E-state index contributed by atoms with van der Waals surface area (Å²) < 4.78 is 5.14. The third kappa shape index (κ3) is 3.91. The van der Waals surface area contributed by atoms with Crippen LogP contribution in [-0.4, -0.2) is 41.5 Å². The molecule has 148 valence electrons. The maximum absolute atomic E-state index is 13.1. The van der Waals surface area contributed by atoms with Crippen LogP contribution in [0.5, 0.6) is 5.75 Å². The lowest BCUT2D eigenvalue weighted by Crippen LogP contribution is -2.44. The van der Waals surface area contributed by atoms with E-state index in [2.05, 4.69) is 18.3 Å². The van der Waals surface area contributed by atoms with Crippen LogP contribution in [0, 0.1) is 5.92 Å². The zero-order valence-corrected chi connectivity index (χ0v) is 17.7. The predicted octanol–water partition coefficient (Wildman–Crippen LogP) is 4.04. The first-order valence-corrected chi connectivity index (χ1v) is 11.5. The zero-order valence-electron chi connectivity index (χ0n) is 16.1. The highest BCUT2D eigenvalue weighted by molar-refractivity contribution is 7.99. The molecule has 1 aromatic heterocycles. The summed E-state index contributed by atoms with van der Waals surface area (Å²) in [5, 5.41) is 2.93. The Morgan fingerprint density at radius 2 is 2.04 bits per heavy atom. The van der Waals surface area contributed by atoms with Crippen LogP contribution in [0.1, 0.15) is 33.5 Å². The highest BCUT2D eigenvalue weighted by Crippen LogP contribution is 2.34. The summed E-state index contributed by atoms with van der Waals surface area (Å²) in [5.74, 6) is 2.43. The summed E-state index contributed by atoms with van der Waals surface area (Å²) in [7, 11) is 1.61. The lowest BCUT2D eigenvalue weighted by Gasteiger charge is -2.22. The van der Waals surface area contributed by atoms with E-state index in [9.17, 15) is 9.59 Å². The summed E-state index contributed by atoms with van der Waals surface area (Å²) in [4.78, 5) is 29.8. The third-order valence-corrected chi connectivity index (χ3v) is 7.58. The van der Waals surface area contributed by atoms with Crippen LogP contribution in [0.25, 0.3) is 0 Å². The van der Waals surface area contributed by atoms with Gasteiger partial charge in [-0.25, -0.2) is 0 Å². The molecular weight excluding hydrogens is 392 g/mol. The number of thiophene rings is 1. The number of hydrogen-bond acceptors (Lipinski definition) is 5. The average molecular weight is 417 g/mol. The Morgan fingerprint density at radius 3 is 2.79 bits per heavy atom. The van der Waals surface area contributed by atoms with Gasteiger partial charge in [-0.1, -0.05) is 6.92 Å². The molecule has 28 heavy (non-hydrogen) atoms. The van der Waals surface area contributed by atoms with E-state index in [-0.39, 0.29) is 11.8 Å². The van der Waals surface area contributed by atoms with Crippen LogP contribution in [0.15, 0.2) is 30.3 Å². The molecule has 2 heterocycles. The number of aryl methyl sites for hydroxylation is 1. The monoisotopic (exact) mass is 416 g/mol. The van der Waals surface area contributed by atoms with Gasteiger partial charge in [-0.15, -0.1) is 23.1 Å². The number of fused-ring (bicyclic) bond motifs is 1. The summed E-state index contributed by atoms with van der Waals surface area (Å²) in [5.41, 5.74) is 2.02. The normalized spacial score (nSPS) is 21.3. The fourth-order valence-corrected chi connectivity index (χ4v) is 6.03. The van der Waals surface area contributed by atoms with Crippen LogP contribution in [0.3, 0.4) is 0 Å². The second-order valence-corrected chi connectivity index (χ2v) is 9.55. The standard InChI is InChI=1S/C21H24N2O3S2/c1-13-3-8-18-14(9-13)10-19(28-18)21(25)23-12-27-11-17(23)20(24)22-15-4-6-16(26-2)7-5-15/h4-7,10,13,17H,3,8-9,11-12H2,1-2H3,(H,22,24). The second-order valence-electron chi connectivity index (χ2n) is 7.42. The maximum atomic E-state index is 13.1. The number of carbonyl (C=O) groups is 2. The number of amides is 2. The van der Waals surface area contributed by atoms with Gasteiger partial charge in [-0.3, -0.25) is 9.59 Å². The lowest BCUT2D eigenvalue weighted by molar-refractivity contribution is -0.119. The molecule has 2 aliphatic rings. The molecule has 4 rings (SSSR count). The lowest BCUT2D eigenvalue weighted by atomic mass is 9.90. The summed E-state index contributed by atoms with van der Waals surface area (Å²) in [6, 6.07) is 8.83. The molecule has 1 saturated heterocycles. The first-order chi connectivity index (χ1) is 13.5. The Bertz CT molecular complexity index is 878. The molecule has 0 radical (unpaired) electrons.